The molecule has 0 atom stereocenters. The molecule has 0 aliphatic carbocycles. The van der Waals surface area contributed by atoms with Crippen molar-refractivity contribution in [1.29, 1.82) is 0 Å². The maximum Gasteiger partial charge on any atom is 0.313 e. The summed E-state index contributed by atoms with van der Waals surface area (Å²) in [6.07, 6.45) is 0. The summed E-state index contributed by atoms with van der Waals surface area (Å²) in [5, 5.41) is 12.3. The zero-order valence-corrected chi connectivity index (χ0v) is 11.9. The van der Waals surface area contributed by atoms with E-state index in [0.29, 0.717) is 23.2 Å². The number of carboxylic acids is 1. The third-order valence-corrected chi connectivity index (χ3v) is 4.02. The van der Waals surface area contributed by atoms with E-state index in [1.807, 2.05) is 0 Å². The van der Waals surface area contributed by atoms with Crippen LogP contribution in [-0.4, -0.2) is 27.0 Å². The van der Waals surface area contributed by atoms with Crippen molar-refractivity contribution in [3.8, 4) is 0 Å². The smallest absolute Gasteiger partial charge is 0.313 e. The fourth-order valence-electron chi connectivity index (χ4n) is 1.34. The summed E-state index contributed by atoms with van der Waals surface area (Å²) in [4.78, 5) is 15.3. The molecule has 0 saturated carbocycles. The first-order valence-electron chi connectivity index (χ1n) is 5.63. The van der Waals surface area contributed by atoms with Crippen molar-refractivity contribution in [1.82, 2.24) is 10.1 Å². The number of rotatable bonds is 7. The maximum atomic E-state index is 13.0. The van der Waals surface area contributed by atoms with Crippen LogP contribution < -0.4 is 0 Å². The lowest BCUT2D eigenvalue weighted by atomic mass is 10.4. The number of carbonyl (C=O) groups is 1. The fourth-order valence-corrected chi connectivity index (χ4v) is 2.69. The summed E-state index contributed by atoms with van der Waals surface area (Å²) in [7, 11) is 0. The number of hydrogen-bond acceptors (Lipinski definition) is 6. The zero-order valence-electron chi connectivity index (χ0n) is 10.3. The first-order valence-corrected chi connectivity index (χ1v) is 7.77. The summed E-state index contributed by atoms with van der Waals surface area (Å²) in [5.74, 6) is 0.567. The molecule has 106 valence electrons. The Bertz CT molecular complexity index is 592. The second-order valence-electron chi connectivity index (χ2n) is 3.74. The number of benzene rings is 1. The van der Waals surface area contributed by atoms with Crippen LogP contribution in [0.3, 0.4) is 0 Å². The van der Waals surface area contributed by atoms with Gasteiger partial charge in [0.15, 0.2) is 5.82 Å². The Hall–Kier alpha value is -1.54. The predicted molar refractivity (Wildman–Crippen MR) is 74.1 cm³/mol. The molecule has 2 aromatic rings. The summed E-state index contributed by atoms with van der Waals surface area (Å²) in [6.45, 7) is 0. The Morgan fingerprint density at radius 3 is 3.00 bits per heavy atom. The summed E-state index contributed by atoms with van der Waals surface area (Å²) >= 11 is 2.60. The second kappa shape index (κ2) is 7.30. The molecule has 0 radical (unpaired) electrons. The maximum absolute atomic E-state index is 13.0. The Labute approximate surface area is 123 Å². The number of aliphatic carboxylic acids is 1. The molecule has 0 saturated heterocycles. The van der Waals surface area contributed by atoms with E-state index in [0.717, 1.165) is 4.90 Å². The molecule has 5 nitrogen and oxygen atoms in total. The number of hydrogen-bond donors (Lipinski definition) is 1. The second-order valence-corrected chi connectivity index (χ2v) is 5.77. The van der Waals surface area contributed by atoms with Crippen LogP contribution >= 0.6 is 23.5 Å². The van der Waals surface area contributed by atoms with E-state index < -0.39 is 5.97 Å². The largest absolute Gasteiger partial charge is 0.481 e. The van der Waals surface area contributed by atoms with E-state index in [9.17, 15) is 9.18 Å². The predicted octanol–water partition coefficient (Wildman–Crippen LogP) is 2.82. The summed E-state index contributed by atoms with van der Waals surface area (Å²) in [6, 6.07) is 6.27. The number of thioether (sulfide) groups is 2. The number of carboxylic acid groups (broad SMARTS) is 1. The normalized spacial score (nSPS) is 10.7. The van der Waals surface area contributed by atoms with Crippen molar-refractivity contribution in [3.05, 3.63) is 41.8 Å². The number of nitrogens with zero attached hydrogens (tertiary/aromatic N) is 2. The van der Waals surface area contributed by atoms with Crippen LogP contribution in [0.4, 0.5) is 4.39 Å². The van der Waals surface area contributed by atoms with E-state index in [2.05, 4.69) is 10.1 Å². The highest BCUT2D eigenvalue weighted by molar-refractivity contribution is 7.99. The van der Waals surface area contributed by atoms with Gasteiger partial charge in [0.1, 0.15) is 5.82 Å². The Morgan fingerprint density at radius 1 is 1.40 bits per heavy atom. The van der Waals surface area contributed by atoms with E-state index in [-0.39, 0.29) is 11.6 Å². The van der Waals surface area contributed by atoms with Gasteiger partial charge in [0.05, 0.1) is 17.3 Å². The van der Waals surface area contributed by atoms with Gasteiger partial charge in [-0.05, 0) is 18.2 Å². The molecule has 0 bridgehead atoms. The zero-order chi connectivity index (χ0) is 14.4. The van der Waals surface area contributed by atoms with Gasteiger partial charge in [-0.2, -0.15) is 4.98 Å². The van der Waals surface area contributed by atoms with Crippen molar-refractivity contribution in [3.63, 3.8) is 0 Å². The minimum absolute atomic E-state index is 0.00421. The molecule has 2 rings (SSSR count). The van der Waals surface area contributed by atoms with E-state index in [4.69, 9.17) is 9.63 Å². The third kappa shape index (κ3) is 4.86. The lowest BCUT2D eigenvalue weighted by Gasteiger charge is -1.97. The number of aromatic nitrogens is 2. The van der Waals surface area contributed by atoms with Crippen LogP contribution in [-0.2, 0) is 16.3 Å². The molecule has 0 aliphatic heterocycles. The first-order chi connectivity index (χ1) is 9.63. The Balaban J connectivity index is 1.82. The summed E-state index contributed by atoms with van der Waals surface area (Å²) in [5.41, 5.74) is 0. The quantitative estimate of drug-likeness (QED) is 0.787. The average Bonchev–Trinajstić information content (AvgIpc) is 2.84. The van der Waals surface area contributed by atoms with Crippen molar-refractivity contribution in [2.75, 3.05) is 5.75 Å². The van der Waals surface area contributed by atoms with E-state index >= 15 is 0 Å². The average molecular weight is 314 g/mol. The van der Waals surface area contributed by atoms with Crippen molar-refractivity contribution >= 4 is 29.5 Å². The molecular weight excluding hydrogens is 303 g/mol. The van der Waals surface area contributed by atoms with Crippen LogP contribution in [0.2, 0.25) is 0 Å². The van der Waals surface area contributed by atoms with Crippen molar-refractivity contribution in [2.24, 2.45) is 0 Å². The lowest BCUT2D eigenvalue weighted by Crippen LogP contribution is -1.98. The molecule has 0 amide bonds. The van der Waals surface area contributed by atoms with Gasteiger partial charge >= 0.3 is 5.97 Å². The molecule has 0 unspecified atom stereocenters. The standard InChI is InChI=1S/C12H11FN2O3S2/c13-8-2-1-3-9(4-8)20-5-10-14-11(18-15-10)6-19-7-12(16)17/h1-4H,5-7H2,(H,16,17). The topological polar surface area (TPSA) is 76.2 Å². The van der Waals surface area contributed by atoms with Crippen LogP contribution in [0, 0.1) is 5.82 Å². The van der Waals surface area contributed by atoms with Crippen molar-refractivity contribution < 1.29 is 18.8 Å². The highest BCUT2D eigenvalue weighted by atomic mass is 32.2. The van der Waals surface area contributed by atoms with E-state index in [1.165, 1.54) is 35.7 Å². The Morgan fingerprint density at radius 2 is 2.25 bits per heavy atom. The van der Waals surface area contributed by atoms with Crippen LogP contribution in [0.25, 0.3) is 0 Å². The molecule has 1 heterocycles. The van der Waals surface area contributed by atoms with Gasteiger partial charge in [-0.25, -0.2) is 4.39 Å². The van der Waals surface area contributed by atoms with Gasteiger partial charge < -0.3 is 9.63 Å². The molecule has 1 N–H and O–H groups in total. The Kier molecular flexibility index (Phi) is 5.42. The highest BCUT2D eigenvalue weighted by Gasteiger charge is 2.08. The fraction of sp³-hybridized carbons (Fsp3) is 0.250. The summed E-state index contributed by atoms with van der Waals surface area (Å²) < 4.78 is 18.0. The molecule has 20 heavy (non-hydrogen) atoms. The van der Waals surface area contributed by atoms with Gasteiger partial charge in [-0.1, -0.05) is 11.2 Å². The lowest BCUT2D eigenvalue weighted by molar-refractivity contribution is -0.133. The number of halogens is 1. The van der Waals surface area contributed by atoms with Gasteiger partial charge in [-0.3, -0.25) is 4.79 Å². The highest BCUT2D eigenvalue weighted by Crippen LogP contribution is 2.22. The minimum atomic E-state index is -0.878. The van der Waals surface area contributed by atoms with Crippen LogP contribution in [0.1, 0.15) is 11.7 Å². The van der Waals surface area contributed by atoms with Crippen LogP contribution in [0.5, 0.6) is 0 Å². The molecule has 0 fully saturated rings. The molecule has 1 aromatic heterocycles. The van der Waals surface area contributed by atoms with E-state index in [1.54, 1.807) is 12.1 Å². The molecule has 0 spiro atoms. The SMILES string of the molecule is O=C(O)CSCc1nc(CSc2cccc(F)c2)no1. The van der Waals surface area contributed by atoms with Gasteiger partial charge in [0.25, 0.3) is 0 Å². The monoisotopic (exact) mass is 314 g/mol. The molecule has 8 heteroatoms. The minimum Gasteiger partial charge on any atom is -0.481 e. The third-order valence-electron chi connectivity index (χ3n) is 2.13. The van der Waals surface area contributed by atoms with Gasteiger partial charge in [0, 0.05) is 4.90 Å². The van der Waals surface area contributed by atoms with Gasteiger partial charge in [-0.15, -0.1) is 23.5 Å². The first kappa shape index (κ1) is 14.9. The van der Waals surface area contributed by atoms with Crippen molar-refractivity contribution in [2.45, 2.75) is 16.4 Å². The van der Waals surface area contributed by atoms with Gasteiger partial charge in [0.2, 0.25) is 5.89 Å². The molecule has 0 aliphatic rings. The molecule has 1 aromatic carbocycles. The van der Waals surface area contributed by atoms with Crippen LogP contribution in [0.15, 0.2) is 33.7 Å². The molecular formula is C12H11FN2O3S2.